The van der Waals surface area contributed by atoms with Crippen molar-refractivity contribution in [2.45, 2.75) is 26.7 Å². The van der Waals surface area contributed by atoms with Crippen molar-refractivity contribution in [2.24, 2.45) is 11.8 Å². The van der Waals surface area contributed by atoms with Crippen molar-refractivity contribution < 1.29 is 14.7 Å². The number of halogens is 1. The van der Waals surface area contributed by atoms with Crippen LogP contribution in [-0.2, 0) is 9.59 Å². The van der Waals surface area contributed by atoms with Crippen LogP contribution in [0.15, 0.2) is 39.9 Å². The van der Waals surface area contributed by atoms with Crippen LogP contribution in [0, 0.1) is 11.8 Å². The largest absolute Gasteiger partial charge is 0.481 e. The lowest BCUT2D eigenvalue weighted by Crippen LogP contribution is -2.36. The second-order valence-electron chi connectivity index (χ2n) is 5.52. The molecular weight excluding hydrogens is 334 g/mol. The van der Waals surface area contributed by atoms with Gasteiger partial charge in [-0.3, -0.25) is 9.59 Å². The van der Waals surface area contributed by atoms with Crippen LogP contribution in [-0.4, -0.2) is 17.0 Å². The zero-order valence-corrected chi connectivity index (χ0v) is 13.6. The molecule has 2 atom stereocenters. The minimum Gasteiger partial charge on any atom is -0.481 e. The predicted octanol–water partition coefficient (Wildman–Crippen LogP) is 3.83. The standard InChI is InChI=1S/C16H18BrNO3/c1-9-7-13(14(16(20)21)8-10(9)2)15(19)18-12-5-3-11(17)4-6-12/h3-6,13-14H,7-8H2,1-2H3,(H,18,19)(H,20,21)/t13-,14+/m1/s1. The number of carbonyl (C=O) groups excluding carboxylic acids is 1. The van der Waals surface area contributed by atoms with E-state index in [1.165, 1.54) is 0 Å². The van der Waals surface area contributed by atoms with Gasteiger partial charge in [0.05, 0.1) is 11.8 Å². The van der Waals surface area contributed by atoms with E-state index >= 15 is 0 Å². The summed E-state index contributed by atoms with van der Waals surface area (Å²) >= 11 is 3.33. The Labute approximate surface area is 132 Å². The van der Waals surface area contributed by atoms with Crippen LogP contribution < -0.4 is 5.32 Å². The van der Waals surface area contributed by atoms with Gasteiger partial charge in [0.1, 0.15) is 0 Å². The van der Waals surface area contributed by atoms with E-state index in [-0.39, 0.29) is 5.91 Å². The van der Waals surface area contributed by atoms with Crippen LogP contribution in [0.4, 0.5) is 5.69 Å². The Hall–Kier alpha value is -1.62. The average molecular weight is 352 g/mol. The number of aliphatic carboxylic acids is 1. The highest BCUT2D eigenvalue weighted by Crippen LogP contribution is 2.35. The molecule has 0 fully saturated rings. The number of carbonyl (C=O) groups is 2. The minimum absolute atomic E-state index is 0.225. The quantitative estimate of drug-likeness (QED) is 0.813. The zero-order chi connectivity index (χ0) is 15.6. The second-order valence-corrected chi connectivity index (χ2v) is 6.43. The number of carboxylic acids is 1. The van der Waals surface area contributed by atoms with Crippen LogP contribution in [0.3, 0.4) is 0 Å². The van der Waals surface area contributed by atoms with E-state index in [1.54, 1.807) is 12.1 Å². The first kappa shape index (κ1) is 15.8. The van der Waals surface area contributed by atoms with Crippen LogP contribution >= 0.6 is 15.9 Å². The monoisotopic (exact) mass is 351 g/mol. The molecule has 2 N–H and O–H groups in total. The lowest BCUT2D eigenvalue weighted by molar-refractivity contribution is -0.146. The summed E-state index contributed by atoms with van der Waals surface area (Å²) in [4.78, 5) is 23.8. The summed E-state index contributed by atoms with van der Waals surface area (Å²) in [6.45, 7) is 3.90. The van der Waals surface area contributed by atoms with E-state index < -0.39 is 17.8 Å². The number of rotatable bonds is 3. The van der Waals surface area contributed by atoms with E-state index in [1.807, 2.05) is 26.0 Å². The molecule has 0 aromatic heterocycles. The smallest absolute Gasteiger partial charge is 0.307 e. The van der Waals surface area contributed by atoms with Gasteiger partial charge in [0, 0.05) is 10.2 Å². The first-order chi connectivity index (χ1) is 9.88. The van der Waals surface area contributed by atoms with Gasteiger partial charge in [-0.2, -0.15) is 0 Å². The molecule has 1 amide bonds. The Kier molecular flexibility index (Phi) is 4.83. The van der Waals surface area contributed by atoms with Crippen molar-refractivity contribution in [3.8, 4) is 0 Å². The summed E-state index contributed by atoms with van der Waals surface area (Å²) < 4.78 is 0.927. The van der Waals surface area contributed by atoms with Crippen LogP contribution in [0.2, 0.25) is 0 Å². The van der Waals surface area contributed by atoms with Gasteiger partial charge in [-0.05, 0) is 51.0 Å². The van der Waals surface area contributed by atoms with Gasteiger partial charge in [-0.15, -0.1) is 0 Å². The molecule has 1 aromatic rings. The molecular formula is C16H18BrNO3. The van der Waals surface area contributed by atoms with Gasteiger partial charge in [0.2, 0.25) is 5.91 Å². The highest BCUT2D eigenvalue weighted by Gasteiger charge is 2.37. The zero-order valence-electron chi connectivity index (χ0n) is 12.0. The van der Waals surface area contributed by atoms with Gasteiger partial charge in [-0.25, -0.2) is 0 Å². The van der Waals surface area contributed by atoms with Gasteiger partial charge < -0.3 is 10.4 Å². The molecule has 0 unspecified atom stereocenters. The van der Waals surface area contributed by atoms with Gasteiger partial charge >= 0.3 is 5.97 Å². The number of nitrogens with one attached hydrogen (secondary N) is 1. The fourth-order valence-electron chi connectivity index (χ4n) is 2.60. The summed E-state index contributed by atoms with van der Waals surface area (Å²) in [5.41, 5.74) is 2.87. The van der Waals surface area contributed by atoms with Crippen LogP contribution in [0.25, 0.3) is 0 Å². The second kappa shape index (κ2) is 6.43. The Bertz CT molecular complexity index is 592. The average Bonchev–Trinajstić information content (AvgIpc) is 2.43. The van der Waals surface area contributed by atoms with E-state index in [0.717, 1.165) is 15.6 Å². The molecule has 4 nitrogen and oxygen atoms in total. The van der Waals surface area contributed by atoms with Gasteiger partial charge in [0.15, 0.2) is 0 Å². The molecule has 5 heteroatoms. The normalized spacial score (nSPS) is 22.0. The predicted molar refractivity (Wildman–Crippen MR) is 85.0 cm³/mol. The fraction of sp³-hybridized carbons (Fsp3) is 0.375. The molecule has 1 aliphatic rings. The molecule has 0 bridgehead atoms. The molecule has 112 valence electrons. The minimum atomic E-state index is -0.905. The first-order valence-electron chi connectivity index (χ1n) is 6.83. The number of anilines is 1. The molecule has 0 saturated heterocycles. The summed E-state index contributed by atoms with van der Waals surface area (Å²) in [7, 11) is 0. The maximum Gasteiger partial charge on any atom is 0.307 e. The van der Waals surface area contributed by atoms with E-state index in [2.05, 4.69) is 21.2 Å². The summed E-state index contributed by atoms with van der Waals surface area (Å²) in [6, 6.07) is 7.24. The van der Waals surface area contributed by atoms with Crippen LogP contribution in [0.5, 0.6) is 0 Å². The molecule has 0 saturated carbocycles. The molecule has 0 spiro atoms. The summed E-state index contributed by atoms with van der Waals surface area (Å²) in [5, 5.41) is 12.2. The van der Waals surface area contributed by atoms with Crippen molar-refractivity contribution >= 4 is 33.5 Å². The first-order valence-corrected chi connectivity index (χ1v) is 7.62. The number of amides is 1. The molecule has 1 aromatic carbocycles. The highest BCUT2D eigenvalue weighted by molar-refractivity contribution is 9.10. The molecule has 21 heavy (non-hydrogen) atoms. The summed E-state index contributed by atoms with van der Waals surface area (Å²) in [5.74, 6) is -2.30. The third-order valence-electron chi connectivity index (χ3n) is 4.03. The number of benzene rings is 1. The van der Waals surface area contributed by atoms with E-state index in [4.69, 9.17) is 0 Å². The fourth-order valence-corrected chi connectivity index (χ4v) is 2.86. The third kappa shape index (κ3) is 3.73. The van der Waals surface area contributed by atoms with Crippen molar-refractivity contribution in [1.29, 1.82) is 0 Å². The number of hydrogen-bond donors (Lipinski definition) is 2. The third-order valence-corrected chi connectivity index (χ3v) is 4.56. The number of carboxylic acid groups (broad SMARTS) is 1. The Balaban J connectivity index is 2.16. The lowest BCUT2D eigenvalue weighted by Gasteiger charge is -2.29. The van der Waals surface area contributed by atoms with Crippen LogP contribution in [0.1, 0.15) is 26.7 Å². The van der Waals surface area contributed by atoms with Gasteiger partial charge in [0.25, 0.3) is 0 Å². The molecule has 0 aliphatic heterocycles. The molecule has 2 rings (SSSR count). The Morgan fingerprint density at radius 3 is 2.14 bits per heavy atom. The maximum absolute atomic E-state index is 12.4. The van der Waals surface area contributed by atoms with Crippen molar-refractivity contribution in [2.75, 3.05) is 5.32 Å². The number of allylic oxidation sites excluding steroid dienone is 2. The maximum atomic E-state index is 12.4. The Morgan fingerprint density at radius 1 is 1.10 bits per heavy atom. The lowest BCUT2D eigenvalue weighted by atomic mass is 9.76. The molecule has 1 aliphatic carbocycles. The van der Waals surface area contributed by atoms with E-state index in [9.17, 15) is 14.7 Å². The van der Waals surface area contributed by atoms with E-state index in [0.29, 0.717) is 18.5 Å². The SMILES string of the molecule is CC1=C(C)C[C@@H](C(=O)Nc2ccc(Br)cc2)[C@@H](C(=O)O)C1. The van der Waals surface area contributed by atoms with Crippen molar-refractivity contribution in [3.05, 3.63) is 39.9 Å². The summed E-state index contributed by atoms with van der Waals surface area (Å²) in [6.07, 6.45) is 0.949. The highest BCUT2D eigenvalue weighted by atomic mass is 79.9. The molecule has 0 radical (unpaired) electrons. The number of hydrogen-bond acceptors (Lipinski definition) is 2. The molecule has 0 heterocycles. The van der Waals surface area contributed by atoms with Crippen molar-refractivity contribution in [1.82, 2.24) is 0 Å². The van der Waals surface area contributed by atoms with Gasteiger partial charge in [-0.1, -0.05) is 27.1 Å². The van der Waals surface area contributed by atoms with Crippen molar-refractivity contribution in [3.63, 3.8) is 0 Å². The topological polar surface area (TPSA) is 66.4 Å². The Morgan fingerprint density at radius 2 is 1.62 bits per heavy atom.